The molecule has 0 unspecified atom stereocenters. The highest BCUT2D eigenvalue weighted by molar-refractivity contribution is 7.89. The number of carbonyl (C=O) groups is 1. The summed E-state index contributed by atoms with van der Waals surface area (Å²) in [7, 11) is -3.76. The van der Waals surface area contributed by atoms with Gasteiger partial charge in [0.15, 0.2) is 0 Å². The van der Waals surface area contributed by atoms with Crippen LogP contribution in [0.5, 0.6) is 0 Å². The van der Waals surface area contributed by atoms with Gasteiger partial charge >= 0.3 is 0 Å². The Labute approximate surface area is 264 Å². The highest BCUT2D eigenvalue weighted by Crippen LogP contribution is 2.28. The molecule has 0 aromatic heterocycles. The number of hydrogen-bond acceptors (Lipinski definition) is 6. The number of sulfonamides is 1. The second-order valence-electron chi connectivity index (χ2n) is 11.5. The smallest absolute Gasteiger partial charge is 0.243 e. The summed E-state index contributed by atoms with van der Waals surface area (Å²) in [6, 6.07) is 19.3. The first kappa shape index (κ1) is 32.5. The normalized spacial score (nSPS) is 20.7. The molecule has 0 radical (unpaired) electrons. The Kier molecular flexibility index (Phi) is 11.1. The number of halogens is 2. The van der Waals surface area contributed by atoms with E-state index in [0.717, 1.165) is 18.4 Å². The molecule has 0 aliphatic carbocycles. The van der Waals surface area contributed by atoms with E-state index in [4.69, 9.17) is 16.3 Å². The summed E-state index contributed by atoms with van der Waals surface area (Å²) in [5, 5.41) is 10.4. The molecule has 5 rings (SSSR count). The van der Waals surface area contributed by atoms with Crippen molar-refractivity contribution in [1.29, 1.82) is 0 Å². The first-order valence-corrected chi connectivity index (χ1v) is 17.0. The van der Waals surface area contributed by atoms with Crippen LogP contribution in [0.25, 0.3) is 0 Å². The molecule has 11 heteroatoms. The quantitative estimate of drug-likeness (QED) is 0.279. The number of anilines is 1. The summed E-state index contributed by atoms with van der Waals surface area (Å²) in [6.45, 7) is 4.11. The highest BCUT2D eigenvalue weighted by Gasteiger charge is 2.38. The summed E-state index contributed by atoms with van der Waals surface area (Å²) in [6.07, 6.45) is 2.65. The van der Waals surface area contributed by atoms with Gasteiger partial charge in [0.25, 0.3) is 0 Å². The minimum absolute atomic E-state index is 0.122. The molecule has 8 nitrogen and oxygen atoms in total. The topological polar surface area (TPSA) is 99.8 Å². The molecule has 0 bridgehead atoms. The molecule has 2 aliphatic rings. The van der Waals surface area contributed by atoms with E-state index < -0.39 is 21.9 Å². The number of nitrogens with one attached hydrogen (secondary N) is 3. The first-order valence-electron chi connectivity index (χ1n) is 15.2. The molecular weight excluding hydrogens is 603 g/mol. The molecule has 1 amide bonds. The van der Waals surface area contributed by atoms with Crippen molar-refractivity contribution in [3.63, 3.8) is 0 Å². The fourth-order valence-electron chi connectivity index (χ4n) is 6.07. The lowest BCUT2D eigenvalue weighted by Gasteiger charge is -2.40. The molecule has 0 saturated carbocycles. The summed E-state index contributed by atoms with van der Waals surface area (Å²) in [5.74, 6) is -0.705. The maximum absolute atomic E-state index is 15.3. The van der Waals surface area contributed by atoms with E-state index in [1.54, 1.807) is 58.9 Å². The Balaban J connectivity index is 1.34. The molecular formula is C33H40ClFN4O4S. The van der Waals surface area contributed by atoms with E-state index >= 15 is 4.39 Å². The molecule has 2 fully saturated rings. The van der Waals surface area contributed by atoms with Crippen molar-refractivity contribution < 1.29 is 22.3 Å². The van der Waals surface area contributed by atoms with Crippen LogP contribution in [0, 0.1) is 5.82 Å². The highest BCUT2D eigenvalue weighted by atomic mass is 35.5. The SMILES string of the molecule is C[C@@H]1CNC[C@H](CCc2c(F)cccc2NC(=O)[C@H](Cc2ccc(Cl)cc2)NC2CCOCC2)N1S(=O)(=O)c1ccccc1. The van der Waals surface area contributed by atoms with Crippen LogP contribution >= 0.6 is 11.6 Å². The largest absolute Gasteiger partial charge is 0.381 e. The Hall–Kier alpha value is -2.86. The third kappa shape index (κ3) is 8.04. The number of carbonyl (C=O) groups excluding carboxylic acids is 1. The molecule has 3 aromatic carbocycles. The van der Waals surface area contributed by atoms with E-state index in [1.807, 2.05) is 19.1 Å². The van der Waals surface area contributed by atoms with E-state index in [9.17, 15) is 13.2 Å². The fraction of sp³-hybridized carbons (Fsp3) is 0.424. The van der Waals surface area contributed by atoms with E-state index in [2.05, 4.69) is 16.0 Å². The third-order valence-electron chi connectivity index (χ3n) is 8.36. The predicted molar refractivity (Wildman–Crippen MR) is 171 cm³/mol. The van der Waals surface area contributed by atoms with Crippen LogP contribution in [0.15, 0.2) is 77.7 Å². The fourth-order valence-corrected chi connectivity index (χ4v) is 8.06. The van der Waals surface area contributed by atoms with E-state index in [0.29, 0.717) is 55.4 Å². The molecule has 3 atom stereocenters. The van der Waals surface area contributed by atoms with Crippen LogP contribution in [0.2, 0.25) is 5.02 Å². The zero-order chi connectivity index (χ0) is 31.1. The second kappa shape index (κ2) is 14.9. The van der Waals surface area contributed by atoms with Gasteiger partial charge in [0.1, 0.15) is 5.82 Å². The van der Waals surface area contributed by atoms with Crippen molar-refractivity contribution in [2.24, 2.45) is 0 Å². The van der Waals surface area contributed by atoms with Crippen molar-refractivity contribution in [2.75, 3.05) is 31.6 Å². The number of rotatable bonds is 11. The van der Waals surface area contributed by atoms with Crippen LogP contribution in [0.3, 0.4) is 0 Å². The molecule has 0 spiro atoms. The minimum atomic E-state index is -3.76. The predicted octanol–water partition coefficient (Wildman–Crippen LogP) is 4.78. The maximum atomic E-state index is 15.3. The third-order valence-corrected chi connectivity index (χ3v) is 10.7. The van der Waals surface area contributed by atoms with E-state index in [1.165, 1.54) is 6.07 Å². The summed E-state index contributed by atoms with van der Waals surface area (Å²) in [5.41, 5.74) is 1.69. The van der Waals surface area contributed by atoms with Gasteiger partial charge in [-0.15, -0.1) is 0 Å². The molecule has 44 heavy (non-hydrogen) atoms. The van der Waals surface area contributed by atoms with Gasteiger partial charge in [0, 0.05) is 60.7 Å². The molecule has 3 aromatic rings. The zero-order valence-corrected chi connectivity index (χ0v) is 26.4. The van der Waals surface area contributed by atoms with Crippen LogP contribution in [-0.4, -0.2) is 69.1 Å². The average Bonchev–Trinajstić information content (AvgIpc) is 3.02. The molecule has 2 aliphatic heterocycles. The Morgan fingerprint density at radius 2 is 1.77 bits per heavy atom. The van der Waals surface area contributed by atoms with Gasteiger partial charge in [-0.05, 0) is 81.0 Å². The number of ether oxygens (including phenoxy) is 1. The number of hydrogen-bond donors (Lipinski definition) is 3. The van der Waals surface area contributed by atoms with Gasteiger partial charge in [0.05, 0.1) is 10.9 Å². The van der Waals surface area contributed by atoms with Gasteiger partial charge < -0.3 is 20.7 Å². The van der Waals surface area contributed by atoms with Crippen LogP contribution < -0.4 is 16.0 Å². The first-order chi connectivity index (χ1) is 21.2. The molecule has 2 saturated heterocycles. The Bertz CT molecular complexity index is 1500. The van der Waals surface area contributed by atoms with Crippen molar-refractivity contribution in [1.82, 2.24) is 14.9 Å². The lowest BCUT2D eigenvalue weighted by atomic mass is 9.99. The monoisotopic (exact) mass is 642 g/mol. The molecule has 236 valence electrons. The number of benzene rings is 3. The number of piperazine rings is 1. The van der Waals surface area contributed by atoms with Gasteiger partial charge in [0.2, 0.25) is 15.9 Å². The van der Waals surface area contributed by atoms with Crippen LogP contribution in [0.4, 0.5) is 10.1 Å². The lowest BCUT2D eigenvalue weighted by molar-refractivity contribution is -0.118. The van der Waals surface area contributed by atoms with Crippen LogP contribution in [-0.2, 0) is 32.4 Å². The Morgan fingerprint density at radius 3 is 2.50 bits per heavy atom. The molecule has 2 heterocycles. The summed E-state index contributed by atoms with van der Waals surface area (Å²) >= 11 is 6.08. The van der Waals surface area contributed by atoms with Crippen molar-refractivity contribution in [3.05, 3.63) is 94.8 Å². The summed E-state index contributed by atoms with van der Waals surface area (Å²) in [4.78, 5) is 14.0. The molecule has 3 N–H and O–H groups in total. The zero-order valence-electron chi connectivity index (χ0n) is 24.8. The maximum Gasteiger partial charge on any atom is 0.243 e. The van der Waals surface area contributed by atoms with Gasteiger partial charge in [-0.2, -0.15) is 4.31 Å². The minimum Gasteiger partial charge on any atom is -0.381 e. The van der Waals surface area contributed by atoms with Gasteiger partial charge in [-0.25, -0.2) is 12.8 Å². The summed E-state index contributed by atoms with van der Waals surface area (Å²) < 4.78 is 49.7. The van der Waals surface area contributed by atoms with E-state index in [-0.39, 0.29) is 35.3 Å². The van der Waals surface area contributed by atoms with Crippen molar-refractivity contribution in [3.8, 4) is 0 Å². The Morgan fingerprint density at radius 1 is 1.05 bits per heavy atom. The lowest BCUT2D eigenvalue weighted by Crippen LogP contribution is -2.58. The van der Waals surface area contributed by atoms with Crippen molar-refractivity contribution in [2.45, 2.75) is 68.1 Å². The number of nitrogens with zero attached hydrogens (tertiary/aromatic N) is 1. The second-order valence-corrected chi connectivity index (χ2v) is 13.8. The standard InChI is InChI=1S/C33H40ClFN4O4S/c1-23-21-36-22-27(39(23)44(41,42)28-6-3-2-4-7-28)14-15-29-30(35)8-5-9-31(29)38-33(40)32(37-26-16-18-43-19-17-26)20-24-10-12-25(34)13-11-24/h2-13,23,26-27,32,36-37H,14-22H2,1H3,(H,38,40)/t23-,27+,32+/m1/s1. The number of amides is 1. The van der Waals surface area contributed by atoms with Gasteiger partial charge in [-0.3, -0.25) is 4.79 Å². The van der Waals surface area contributed by atoms with Gasteiger partial charge in [-0.1, -0.05) is 48.0 Å². The van der Waals surface area contributed by atoms with Crippen LogP contribution in [0.1, 0.15) is 37.3 Å². The van der Waals surface area contributed by atoms with Crippen molar-refractivity contribution >= 4 is 33.2 Å². The average molecular weight is 643 g/mol.